The summed E-state index contributed by atoms with van der Waals surface area (Å²) in [5.41, 5.74) is 9.51. The minimum Gasteiger partial charge on any atom is -0.382 e. The Balaban J connectivity index is 1.40. The molecule has 5 aromatic rings. The van der Waals surface area contributed by atoms with Crippen molar-refractivity contribution in [1.29, 1.82) is 0 Å². The van der Waals surface area contributed by atoms with Crippen LogP contribution in [0, 0.1) is 13.8 Å². The maximum Gasteiger partial charge on any atom is 0.294 e. The standard InChI is InChI=1S/C27H30N10O3S2/c1-13-8-18(9-14(2)36(13)27(38)24-32-16(4)34-35-24)21-22(42(5,39)40)23(28)37-25(33-21)19(12-31-37)17-6-7-20(29-11-17)26-30-10-15(3)41-26/h6-7,10-14,18H,8-9,28H2,1-5H3,(H,32,34,35)/t13-,14?,18?/m0/s1. The summed E-state index contributed by atoms with van der Waals surface area (Å²) in [5.74, 6) is 0.117. The SMILES string of the molecule is Cc1nc(C(=O)N2C(C)CC(c3nc4c(-c5ccc(-c6ncc(C)s6)nc5)cnn4c(N)c3S(C)(=O)=O)C[C@@H]2C)n[nH]1. The molecule has 1 aliphatic rings. The summed E-state index contributed by atoms with van der Waals surface area (Å²) in [6.07, 6.45) is 7.25. The van der Waals surface area contributed by atoms with Crippen LogP contribution in [0.15, 0.2) is 35.6 Å². The summed E-state index contributed by atoms with van der Waals surface area (Å²) < 4.78 is 27.5. The number of nitrogens with zero attached hydrogens (tertiary/aromatic N) is 8. The van der Waals surface area contributed by atoms with Gasteiger partial charge in [0.05, 0.1) is 17.6 Å². The van der Waals surface area contributed by atoms with E-state index in [1.807, 2.05) is 39.1 Å². The van der Waals surface area contributed by atoms with Crippen LogP contribution in [0.3, 0.4) is 0 Å². The summed E-state index contributed by atoms with van der Waals surface area (Å²) in [6.45, 7) is 7.60. The Bertz CT molecular complexity index is 1910. The van der Waals surface area contributed by atoms with E-state index in [1.54, 1.807) is 35.6 Å². The largest absolute Gasteiger partial charge is 0.382 e. The van der Waals surface area contributed by atoms with E-state index in [0.717, 1.165) is 27.4 Å². The second-order valence-electron chi connectivity index (χ2n) is 10.8. The number of thiazole rings is 1. The average molecular weight is 607 g/mol. The van der Waals surface area contributed by atoms with Gasteiger partial charge in [-0.3, -0.25) is 14.9 Å². The molecule has 6 heterocycles. The van der Waals surface area contributed by atoms with Crippen molar-refractivity contribution in [1.82, 2.24) is 44.6 Å². The van der Waals surface area contributed by atoms with Gasteiger partial charge in [0.2, 0.25) is 5.82 Å². The van der Waals surface area contributed by atoms with Gasteiger partial charge >= 0.3 is 0 Å². The number of rotatable bonds is 5. The molecular formula is C27H30N10O3S2. The zero-order chi connectivity index (χ0) is 29.9. The van der Waals surface area contributed by atoms with E-state index in [0.29, 0.717) is 35.6 Å². The second-order valence-corrected chi connectivity index (χ2v) is 14.0. The normalized spacial score (nSPS) is 19.5. The monoisotopic (exact) mass is 606 g/mol. The molecule has 42 heavy (non-hydrogen) atoms. The number of sulfone groups is 1. The number of anilines is 1. The number of carbonyl (C=O) groups is 1. The number of fused-ring (bicyclic) bond motifs is 1. The quantitative estimate of drug-likeness (QED) is 0.301. The Kier molecular flexibility index (Phi) is 6.80. The summed E-state index contributed by atoms with van der Waals surface area (Å²) in [6, 6.07) is 3.34. The lowest BCUT2D eigenvalue weighted by atomic mass is 9.84. The predicted octanol–water partition coefficient (Wildman–Crippen LogP) is 3.43. The smallest absolute Gasteiger partial charge is 0.294 e. The number of H-pyrrole nitrogens is 1. The van der Waals surface area contributed by atoms with Gasteiger partial charge < -0.3 is 10.6 Å². The van der Waals surface area contributed by atoms with Crippen LogP contribution in [0.5, 0.6) is 0 Å². The Morgan fingerprint density at radius 3 is 2.38 bits per heavy atom. The van der Waals surface area contributed by atoms with Crippen molar-refractivity contribution in [2.75, 3.05) is 12.0 Å². The lowest BCUT2D eigenvalue weighted by molar-refractivity contribution is 0.0462. The minimum atomic E-state index is -3.77. The second kappa shape index (κ2) is 10.2. The van der Waals surface area contributed by atoms with Crippen LogP contribution in [0.1, 0.15) is 59.6 Å². The molecule has 2 unspecified atom stereocenters. The molecule has 15 heteroatoms. The Labute approximate surface area is 246 Å². The molecule has 0 spiro atoms. The third-order valence-corrected chi connectivity index (χ3v) is 9.66. The average Bonchev–Trinajstić information content (AvgIpc) is 3.67. The molecule has 6 rings (SSSR count). The molecule has 3 N–H and O–H groups in total. The van der Waals surface area contributed by atoms with Crippen LogP contribution in [-0.4, -0.2) is 77.3 Å². The molecule has 13 nitrogen and oxygen atoms in total. The van der Waals surface area contributed by atoms with Gasteiger partial charge in [0.1, 0.15) is 21.5 Å². The predicted molar refractivity (Wildman–Crippen MR) is 158 cm³/mol. The number of carbonyl (C=O) groups excluding carboxylic acids is 1. The van der Waals surface area contributed by atoms with Crippen molar-refractivity contribution in [2.24, 2.45) is 0 Å². The van der Waals surface area contributed by atoms with Gasteiger partial charge in [-0.05, 0) is 46.6 Å². The number of hydrogen-bond acceptors (Lipinski definition) is 11. The molecule has 1 amide bonds. The van der Waals surface area contributed by atoms with Crippen LogP contribution in [0.4, 0.5) is 5.82 Å². The number of aromatic amines is 1. The van der Waals surface area contributed by atoms with Crippen molar-refractivity contribution in [3.8, 4) is 21.8 Å². The summed E-state index contributed by atoms with van der Waals surface area (Å²) >= 11 is 1.56. The third-order valence-electron chi connectivity index (χ3n) is 7.56. The van der Waals surface area contributed by atoms with Crippen molar-refractivity contribution in [2.45, 2.75) is 63.4 Å². The van der Waals surface area contributed by atoms with Gasteiger partial charge in [-0.25, -0.2) is 23.4 Å². The molecule has 0 aromatic carbocycles. The van der Waals surface area contributed by atoms with Crippen LogP contribution >= 0.6 is 11.3 Å². The fraction of sp³-hybridized carbons (Fsp3) is 0.370. The van der Waals surface area contributed by atoms with Gasteiger partial charge in [-0.2, -0.15) is 9.61 Å². The van der Waals surface area contributed by atoms with Crippen molar-refractivity contribution >= 4 is 38.5 Å². The van der Waals surface area contributed by atoms with Crippen molar-refractivity contribution in [3.63, 3.8) is 0 Å². The van der Waals surface area contributed by atoms with E-state index in [1.165, 1.54) is 4.52 Å². The fourth-order valence-electron chi connectivity index (χ4n) is 5.79. The van der Waals surface area contributed by atoms with Crippen LogP contribution < -0.4 is 5.73 Å². The van der Waals surface area contributed by atoms with E-state index in [4.69, 9.17) is 10.7 Å². The maximum absolute atomic E-state index is 13.2. The molecule has 3 atom stereocenters. The highest BCUT2D eigenvalue weighted by atomic mass is 32.2. The van der Waals surface area contributed by atoms with Crippen LogP contribution in [0.25, 0.3) is 27.5 Å². The Hall–Kier alpha value is -4.24. The fourth-order valence-corrected chi connectivity index (χ4v) is 7.59. The van der Waals surface area contributed by atoms with Crippen molar-refractivity contribution in [3.05, 3.63) is 52.9 Å². The molecule has 1 aliphatic heterocycles. The van der Waals surface area contributed by atoms with Gasteiger partial charge in [-0.15, -0.1) is 16.4 Å². The summed E-state index contributed by atoms with van der Waals surface area (Å²) in [7, 11) is -3.77. The zero-order valence-corrected chi connectivity index (χ0v) is 25.4. The molecule has 1 saturated heterocycles. The third kappa shape index (κ3) is 4.81. The first kappa shape index (κ1) is 27.9. The topological polar surface area (TPSA) is 178 Å². The van der Waals surface area contributed by atoms with E-state index in [9.17, 15) is 13.2 Å². The summed E-state index contributed by atoms with van der Waals surface area (Å²) in [4.78, 5) is 34.2. The molecule has 218 valence electrons. The maximum atomic E-state index is 13.2. The number of nitrogen functional groups attached to an aromatic ring is 1. The van der Waals surface area contributed by atoms with Crippen molar-refractivity contribution < 1.29 is 13.2 Å². The van der Waals surface area contributed by atoms with Gasteiger partial charge in [0, 0.05) is 52.7 Å². The highest BCUT2D eigenvalue weighted by molar-refractivity contribution is 7.91. The number of likely N-dealkylation sites (tertiary alicyclic amines) is 1. The number of aryl methyl sites for hydroxylation is 2. The van der Waals surface area contributed by atoms with Crippen LogP contribution in [-0.2, 0) is 9.84 Å². The highest BCUT2D eigenvalue weighted by Gasteiger charge is 2.39. The first-order chi connectivity index (χ1) is 19.9. The van der Waals surface area contributed by atoms with Gasteiger partial charge in [0.15, 0.2) is 15.5 Å². The molecule has 0 saturated carbocycles. The highest BCUT2D eigenvalue weighted by Crippen LogP contribution is 2.40. The molecule has 0 radical (unpaired) electrons. The Morgan fingerprint density at radius 2 is 1.81 bits per heavy atom. The number of aromatic nitrogens is 8. The van der Waals surface area contributed by atoms with E-state index in [2.05, 4.69) is 30.2 Å². The molecule has 0 aliphatic carbocycles. The number of hydrogen-bond donors (Lipinski definition) is 2. The molecule has 1 fully saturated rings. The number of pyridine rings is 1. The van der Waals surface area contributed by atoms with E-state index < -0.39 is 9.84 Å². The van der Waals surface area contributed by atoms with E-state index in [-0.39, 0.29) is 40.4 Å². The number of piperidine rings is 1. The number of amides is 1. The first-order valence-electron chi connectivity index (χ1n) is 13.4. The zero-order valence-electron chi connectivity index (χ0n) is 23.7. The lowest BCUT2D eigenvalue weighted by Gasteiger charge is -2.42. The lowest BCUT2D eigenvalue weighted by Crippen LogP contribution is -2.50. The van der Waals surface area contributed by atoms with Crippen LogP contribution in [0.2, 0.25) is 0 Å². The molecular weight excluding hydrogens is 576 g/mol. The minimum absolute atomic E-state index is 0.00148. The Morgan fingerprint density at radius 1 is 1.07 bits per heavy atom. The molecule has 0 bridgehead atoms. The summed E-state index contributed by atoms with van der Waals surface area (Å²) in [5, 5.41) is 12.0. The van der Waals surface area contributed by atoms with Gasteiger partial charge in [-0.1, -0.05) is 6.07 Å². The molecule has 5 aromatic heterocycles. The number of nitrogens with two attached hydrogens (primary N) is 1. The number of nitrogens with one attached hydrogen (secondary N) is 1. The first-order valence-corrected chi connectivity index (χ1v) is 16.1. The van der Waals surface area contributed by atoms with Gasteiger partial charge in [0.25, 0.3) is 5.91 Å². The van der Waals surface area contributed by atoms with E-state index >= 15 is 0 Å².